The summed E-state index contributed by atoms with van der Waals surface area (Å²) in [6.45, 7) is 0. The Morgan fingerprint density at radius 2 is 2.04 bits per heavy atom. The van der Waals surface area contributed by atoms with E-state index in [9.17, 15) is 0 Å². The number of aryl methyl sites for hydroxylation is 1. The lowest BCUT2D eigenvalue weighted by Crippen LogP contribution is -2.20. The molecule has 27 heavy (non-hydrogen) atoms. The Kier molecular flexibility index (Phi) is 3.40. The minimum absolute atomic E-state index is 0.112. The molecule has 0 spiro atoms. The number of nitrogens with zero attached hydrogens (tertiary/aromatic N) is 4. The maximum Gasteiger partial charge on any atom is 0.150 e. The molecule has 0 radical (unpaired) electrons. The predicted molar refractivity (Wildman–Crippen MR) is 107 cm³/mol. The first-order valence-electron chi connectivity index (χ1n) is 9.02. The van der Waals surface area contributed by atoms with Crippen LogP contribution >= 0.6 is 0 Å². The third-order valence-electron chi connectivity index (χ3n) is 5.19. The Labute approximate surface area is 157 Å². The van der Waals surface area contributed by atoms with Crippen molar-refractivity contribution in [1.82, 2.24) is 19.7 Å². The van der Waals surface area contributed by atoms with E-state index >= 15 is 0 Å². The topological polar surface area (TPSA) is 81.6 Å². The largest absolute Gasteiger partial charge is 0.396 e. The van der Waals surface area contributed by atoms with Crippen LogP contribution in [0.4, 0.5) is 11.5 Å². The fourth-order valence-electron chi connectivity index (χ4n) is 3.50. The van der Waals surface area contributed by atoms with Gasteiger partial charge < -0.3 is 11.1 Å². The highest BCUT2D eigenvalue weighted by atomic mass is 15.2. The van der Waals surface area contributed by atoms with Crippen molar-refractivity contribution in [2.75, 3.05) is 11.1 Å². The van der Waals surface area contributed by atoms with Crippen molar-refractivity contribution in [2.45, 2.75) is 18.4 Å². The first kappa shape index (κ1) is 15.8. The van der Waals surface area contributed by atoms with Crippen molar-refractivity contribution < 1.29 is 0 Å². The van der Waals surface area contributed by atoms with Gasteiger partial charge in [0.15, 0.2) is 5.82 Å². The fourth-order valence-corrected chi connectivity index (χ4v) is 3.50. The van der Waals surface area contributed by atoms with E-state index in [0.29, 0.717) is 5.69 Å². The molecule has 0 unspecified atom stereocenters. The van der Waals surface area contributed by atoms with E-state index < -0.39 is 0 Å². The molecule has 1 aliphatic carbocycles. The van der Waals surface area contributed by atoms with Gasteiger partial charge in [-0.3, -0.25) is 9.67 Å². The number of nitrogens with two attached hydrogens (primary N) is 1. The molecule has 3 N–H and O–H groups in total. The van der Waals surface area contributed by atoms with Crippen molar-refractivity contribution in [3.63, 3.8) is 0 Å². The summed E-state index contributed by atoms with van der Waals surface area (Å²) in [7, 11) is 1.90. The molecule has 4 aromatic rings. The Hall–Kier alpha value is -3.41. The average molecular weight is 356 g/mol. The Morgan fingerprint density at radius 3 is 2.81 bits per heavy atom. The molecule has 1 aromatic carbocycles. The first-order valence-corrected chi connectivity index (χ1v) is 9.02. The average Bonchev–Trinajstić information content (AvgIpc) is 3.35. The van der Waals surface area contributed by atoms with Crippen molar-refractivity contribution in [3.8, 4) is 11.3 Å². The minimum atomic E-state index is -0.112. The monoisotopic (exact) mass is 356 g/mol. The van der Waals surface area contributed by atoms with E-state index in [1.807, 2.05) is 43.8 Å². The van der Waals surface area contributed by atoms with Crippen LogP contribution in [-0.4, -0.2) is 19.7 Å². The summed E-state index contributed by atoms with van der Waals surface area (Å²) in [5.74, 6) is 0.722. The molecule has 1 fully saturated rings. The van der Waals surface area contributed by atoms with Crippen molar-refractivity contribution in [2.24, 2.45) is 7.05 Å². The molecule has 1 saturated carbocycles. The first-order chi connectivity index (χ1) is 13.1. The molecule has 0 bridgehead atoms. The molecule has 0 aliphatic heterocycles. The van der Waals surface area contributed by atoms with Crippen LogP contribution in [0.25, 0.3) is 22.2 Å². The summed E-state index contributed by atoms with van der Waals surface area (Å²) in [5, 5.41) is 8.99. The lowest BCUT2D eigenvalue weighted by molar-refractivity contribution is 0.768. The summed E-state index contributed by atoms with van der Waals surface area (Å²) in [6, 6.07) is 14.3. The maximum atomic E-state index is 6.22. The highest BCUT2D eigenvalue weighted by Crippen LogP contribution is 2.49. The van der Waals surface area contributed by atoms with E-state index in [2.05, 4.69) is 39.7 Å². The zero-order valence-electron chi connectivity index (χ0n) is 15.1. The number of nitrogens with one attached hydrogen (secondary N) is 1. The molecule has 0 atom stereocenters. The van der Waals surface area contributed by atoms with Gasteiger partial charge in [0.2, 0.25) is 0 Å². The third-order valence-corrected chi connectivity index (χ3v) is 5.19. The molecule has 3 aromatic heterocycles. The number of pyridine rings is 2. The number of fused-ring (bicyclic) bond motifs is 1. The van der Waals surface area contributed by atoms with Gasteiger partial charge in [-0.1, -0.05) is 12.1 Å². The van der Waals surface area contributed by atoms with Gasteiger partial charge in [-0.15, -0.1) is 0 Å². The Balaban J connectivity index is 1.50. The molecule has 1 aliphatic rings. The van der Waals surface area contributed by atoms with Crippen LogP contribution in [0.15, 0.2) is 61.1 Å². The van der Waals surface area contributed by atoms with Crippen molar-refractivity contribution >= 4 is 22.4 Å². The van der Waals surface area contributed by atoms with Gasteiger partial charge in [-0.2, -0.15) is 5.10 Å². The predicted octanol–water partition coefficient (Wildman–Crippen LogP) is 3.71. The Bertz CT molecular complexity index is 1140. The van der Waals surface area contributed by atoms with Gasteiger partial charge in [-0.25, -0.2) is 4.98 Å². The van der Waals surface area contributed by atoms with Crippen LogP contribution in [0, 0.1) is 0 Å². The SMILES string of the molecule is Cn1cc(-c2ccc(N)c(NC3(c4ccc5ncccc5c4)CC3)n2)cn1. The van der Waals surface area contributed by atoms with Crippen LogP contribution < -0.4 is 11.1 Å². The third kappa shape index (κ3) is 2.79. The molecule has 5 rings (SSSR count). The summed E-state index contributed by atoms with van der Waals surface area (Å²) < 4.78 is 1.77. The number of aromatic nitrogens is 4. The number of benzene rings is 1. The number of nitrogen functional groups attached to an aromatic ring is 1. The molecule has 6 heteroatoms. The molecule has 0 amide bonds. The van der Waals surface area contributed by atoms with E-state index in [-0.39, 0.29) is 5.54 Å². The normalized spacial score (nSPS) is 15.0. The number of hydrogen-bond acceptors (Lipinski definition) is 5. The number of rotatable bonds is 4. The zero-order chi connectivity index (χ0) is 18.4. The second-order valence-electron chi connectivity index (χ2n) is 7.15. The van der Waals surface area contributed by atoms with Crippen LogP contribution in [0.2, 0.25) is 0 Å². The van der Waals surface area contributed by atoms with Gasteiger partial charge in [0, 0.05) is 30.4 Å². The van der Waals surface area contributed by atoms with E-state index in [0.717, 1.165) is 40.8 Å². The molecule has 3 heterocycles. The quantitative estimate of drug-likeness (QED) is 0.582. The van der Waals surface area contributed by atoms with Gasteiger partial charge in [0.1, 0.15) is 0 Å². The van der Waals surface area contributed by atoms with Gasteiger partial charge >= 0.3 is 0 Å². The molecular weight excluding hydrogens is 336 g/mol. The molecule has 6 nitrogen and oxygen atoms in total. The van der Waals surface area contributed by atoms with Crippen molar-refractivity contribution in [1.29, 1.82) is 0 Å². The molecule has 134 valence electrons. The second kappa shape index (κ2) is 5.81. The van der Waals surface area contributed by atoms with E-state index in [1.165, 1.54) is 5.56 Å². The van der Waals surface area contributed by atoms with Gasteiger partial charge in [-0.05, 0) is 48.7 Å². The number of anilines is 2. The summed E-state index contributed by atoms with van der Waals surface area (Å²) in [4.78, 5) is 9.18. The van der Waals surface area contributed by atoms with Crippen LogP contribution in [-0.2, 0) is 12.6 Å². The van der Waals surface area contributed by atoms with Crippen LogP contribution in [0.3, 0.4) is 0 Å². The summed E-state index contributed by atoms with van der Waals surface area (Å²) >= 11 is 0. The van der Waals surface area contributed by atoms with Crippen LogP contribution in [0.5, 0.6) is 0 Å². The highest BCUT2D eigenvalue weighted by Gasteiger charge is 2.45. The summed E-state index contributed by atoms with van der Waals surface area (Å²) in [5.41, 5.74) is 10.8. The standard InChI is InChI=1S/C21H20N6/c1-27-13-15(12-24-27)19-7-5-17(22)20(25-19)26-21(8-9-21)16-4-6-18-14(11-16)3-2-10-23-18/h2-7,10-13H,8-9,22H2,1H3,(H,25,26). The Morgan fingerprint density at radius 1 is 1.15 bits per heavy atom. The van der Waals surface area contributed by atoms with E-state index in [1.54, 1.807) is 4.68 Å². The molecular formula is C21H20N6. The van der Waals surface area contributed by atoms with Crippen molar-refractivity contribution in [3.05, 3.63) is 66.6 Å². The smallest absolute Gasteiger partial charge is 0.150 e. The molecule has 0 saturated heterocycles. The second-order valence-corrected chi connectivity index (χ2v) is 7.15. The maximum absolute atomic E-state index is 6.22. The van der Waals surface area contributed by atoms with Gasteiger partial charge in [0.25, 0.3) is 0 Å². The highest BCUT2D eigenvalue weighted by molar-refractivity contribution is 5.80. The lowest BCUT2D eigenvalue weighted by Gasteiger charge is -2.20. The lowest BCUT2D eigenvalue weighted by atomic mass is 10.0. The fraction of sp³-hybridized carbons (Fsp3) is 0.190. The minimum Gasteiger partial charge on any atom is -0.396 e. The van der Waals surface area contributed by atoms with Gasteiger partial charge in [0.05, 0.1) is 28.6 Å². The van der Waals surface area contributed by atoms with Crippen LogP contribution in [0.1, 0.15) is 18.4 Å². The van der Waals surface area contributed by atoms with E-state index in [4.69, 9.17) is 10.7 Å². The number of hydrogen-bond donors (Lipinski definition) is 2. The zero-order valence-corrected chi connectivity index (χ0v) is 15.1. The summed E-state index contributed by atoms with van der Waals surface area (Å²) in [6.07, 6.45) is 7.69.